The van der Waals surface area contributed by atoms with E-state index in [9.17, 15) is 24.3 Å². The van der Waals surface area contributed by atoms with Gasteiger partial charge >= 0.3 is 11.9 Å². The van der Waals surface area contributed by atoms with Crippen molar-refractivity contribution in [3.63, 3.8) is 0 Å². The molecule has 1 fully saturated rings. The second kappa shape index (κ2) is 8.07. The first-order valence-electron chi connectivity index (χ1n) is 8.66. The number of halogens is 1. The normalized spacial score (nSPS) is 21.9. The zero-order chi connectivity index (χ0) is 21.5. The molecule has 0 aliphatic carbocycles. The van der Waals surface area contributed by atoms with Gasteiger partial charge in [-0.15, -0.1) is 11.8 Å². The van der Waals surface area contributed by atoms with Crippen LogP contribution in [-0.4, -0.2) is 67.3 Å². The number of aryl methyl sites for hydroxylation is 1. The molecule has 2 N–H and O–H groups in total. The standard InChI is InChI=1S/C17H19ClN4O6S/c1-7-11(18)4-21(20-7)8(2)14(24)19-12-15(25)22-13(17(26)27)10(5-28-9(3)23)6-29-16(12)22/h4,8,12,16H,5-6H2,1-3H3,(H,19,24)(H,26,27)/t8-,12-,16-/m1/s1. The molecule has 3 rings (SSSR count). The Labute approximate surface area is 175 Å². The van der Waals surface area contributed by atoms with Crippen molar-refractivity contribution in [2.45, 2.75) is 38.2 Å². The molecule has 2 aliphatic rings. The van der Waals surface area contributed by atoms with Crippen molar-refractivity contribution in [2.24, 2.45) is 0 Å². The number of aliphatic carboxylic acids is 1. The highest BCUT2D eigenvalue weighted by atomic mass is 35.5. The van der Waals surface area contributed by atoms with Gasteiger partial charge in [0, 0.05) is 24.4 Å². The Bertz CT molecular complexity index is 910. The van der Waals surface area contributed by atoms with Crippen molar-refractivity contribution >= 4 is 47.1 Å². The Morgan fingerprint density at radius 2 is 2.17 bits per heavy atom. The molecule has 2 amide bonds. The van der Waals surface area contributed by atoms with Crippen LogP contribution in [-0.2, 0) is 23.9 Å². The fraction of sp³-hybridized carbons (Fsp3) is 0.471. The first kappa shape index (κ1) is 21.2. The highest BCUT2D eigenvalue weighted by Gasteiger charge is 2.54. The molecule has 3 atom stereocenters. The number of fused-ring (bicyclic) bond motifs is 1. The molecule has 29 heavy (non-hydrogen) atoms. The lowest BCUT2D eigenvalue weighted by Gasteiger charge is -2.49. The fourth-order valence-corrected chi connectivity index (χ4v) is 4.50. The van der Waals surface area contributed by atoms with Crippen molar-refractivity contribution in [3.8, 4) is 0 Å². The minimum absolute atomic E-state index is 0.200. The van der Waals surface area contributed by atoms with Gasteiger partial charge in [-0.25, -0.2) is 4.79 Å². The molecule has 2 aliphatic heterocycles. The second-order valence-corrected chi connectivity index (χ2v) is 8.16. The van der Waals surface area contributed by atoms with Crippen molar-refractivity contribution in [1.82, 2.24) is 20.0 Å². The van der Waals surface area contributed by atoms with Crippen LogP contribution in [0.15, 0.2) is 17.5 Å². The topological polar surface area (TPSA) is 131 Å². The second-order valence-electron chi connectivity index (χ2n) is 6.65. The lowest BCUT2D eigenvalue weighted by molar-refractivity contribution is -0.151. The average molecular weight is 443 g/mol. The van der Waals surface area contributed by atoms with E-state index in [0.717, 1.165) is 4.90 Å². The van der Waals surface area contributed by atoms with Crippen LogP contribution in [0.3, 0.4) is 0 Å². The largest absolute Gasteiger partial charge is 0.477 e. The van der Waals surface area contributed by atoms with Crippen LogP contribution < -0.4 is 5.32 Å². The highest BCUT2D eigenvalue weighted by Crippen LogP contribution is 2.40. The quantitative estimate of drug-likeness (QED) is 0.486. The monoisotopic (exact) mass is 442 g/mol. The number of aromatic nitrogens is 2. The number of nitrogens with zero attached hydrogens (tertiary/aromatic N) is 3. The summed E-state index contributed by atoms with van der Waals surface area (Å²) in [4.78, 5) is 49.0. The summed E-state index contributed by atoms with van der Waals surface area (Å²) < 4.78 is 6.29. The third-order valence-electron chi connectivity index (χ3n) is 4.63. The number of ether oxygens (including phenoxy) is 1. The van der Waals surface area contributed by atoms with Gasteiger partial charge in [0.25, 0.3) is 5.91 Å². The first-order chi connectivity index (χ1) is 13.6. The SMILES string of the molecule is CC(=O)OCC1=C(C(=O)O)N2C(=O)[C@@H](NC(=O)[C@@H](C)n3cc(Cl)c(C)n3)[C@H]2SC1. The number of amides is 2. The summed E-state index contributed by atoms with van der Waals surface area (Å²) in [6.07, 6.45) is 1.53. The van der Waals surface area contributed by atoms with E-state index in [4.69, 9.17) is 16.3 Å². The molecular formula is C17H19ClN4O6S. The van der Waals surface area contributed by atoms with Gasteiger partial charge in [0.05, 0.1) is 10.7 Å². The van der Waals surface area contributed by atoms with Gasteiger partial charge in [-0.3, -0.25) is 24.0 Å². The number of hydrogen-bond donors (Lipinski definition) is 2. The predicted molar refractivity (Wildman–Crippen MR) is 103 cm³/mol. The molecule has 0 saturated carbocycles. The number of thioether (sulfide) groups is 1. The van der Waals surface area contributed by atoms with E-state index in [1.807, 2.05) is 0 Å². The van der Waals surface area contributed by atoms with Gasteiger partial charge in [-0.05, 0) is 13.8 Å². The number of carboxylic acids is 1. The van der Waals surface area contributed by atoms with Gasteiger partial charge < -0.3 is 15.2 Å². The number of carbonyl (C=O) groups excluding carboxylic acids is 3. The van der Waals surface area contributed by atoms with Gasteiger partial charge in [0.1, 0.15) is 29.8 Å². The molecule has 3 heterocycles. The number of rotatable bonds is 6. The van der Waals surface area contributed by atoms with E-state index in [0.29, 0.717) is 16.3 Å². The lowest BCUT2D eigenvalue weighted by Crippen LogP contribution is -2.71. The van der Waals surface area contributed by atoms with Crippen molar-refractivity contribution in [2.75, 3.05) is 12.4 Å². The zero-order valence-electron chi connectivity index (χ0n) is 15.8. The Balaban J connectivity index is 1.72. The molecule has 1 aromatic rings. The van der Waals surface area contributed by atoms with Crippen LogP contribution in [0.1, 0.15) is 25.6 Å². The molecule has 0 aromatic carbocycles. The predicted octanol–water partition coefficient (Wildman–Crippen LogP) is 0.708. The van der Waals surface area contributed by atoms with Crippen molar-refractivity contribution in [3.05, 3.63) is 28.2 Å². The summed E-state index contributed by atoms with van der Waals surface area (Å²) in [5.41, 5.74) is 0.715. The van der Waals surface area contributed by atoms with E-state index in [1.165, 1.54) is 29.6 Å². The van der Waals surface area contributed by atoms with Gasteiger partial charge in [-0.2, -0.15) is 5.10 Å². The van der Waals surface area contributed by atoms with Crippen molar-refractivity contribution < 1.29 is 29.0 Å². The van der Waals surface area contributed by atoms with E-state index in [-0.39, 0.29) is 18.1 Å². The minimum Gasteiger partial charge on any atom is -0.477 e. The lowest BCUT2D eigenvalue weighted by atomic mass is 10.0. The number of hydrogen-bond acceptors (Lipinski definition) is 7. The molecular weight excluding hydrogens is 424 g/mol. The van der Waals surface area contributed by atoms with Crippen LogP contribution in [0.5, 0.6) is 0 Å². The zero-order valence-corrected chi connectivity index (χ0v) is 17.4. The van der Waals surface area contributed by atoms with E-state index >= 15 is 0 Å². The van der Waals surface area contributed by atoms with Gasteiger partial charge in [0.2, 0.25) is 5.91 Å². The highest BCUT2D eigenvalue weighted by molar-refractivity contribution is 8.00. The van der Waals surface area contributed by atoms with Crippen molar-refractivity contribution in [1.29, 1.82) is 0 Å². The third kappa shape index (κ3) is 3.97. The third-order valence-corrected chi connectivity index (χ3v) is 6.34. The maximum atomic E-state index is 12.6. The molecule has 156 valence electrons. The summed E-state index contributed by atoms with van der Waals surface area (Å²) in [7, 11) is 0. The summed E-state index contributed by atoms with van der Waals surface area (Å²) in [6.45, 7) is 4.35. The van der Waals surface area contributed by atoms with Gasteiger partial charge in [-0.1, -0.05) is 11.6 Å². The maximum Gasteiger partial charge on any atom is 0.352 e. The number of carbonyl (C=O) groups is 4. The first-order valence-corrected chi connectivity index (χ1v) is 10.1. The Hall–Kier alpha value is -2.53. The van der Waals surface area contributed by atoms with E-state index < -0.39 is 41.2 Å². The van der Waals surface area contributed by atoms with Gasteiger partial charge in [0.15, 0.2) is 0 Å². The Kier molecular flexibility index (Phi) is 5.90. The summed E-state index contributed by atoms with van der Waals surface area (Å²) in [5.74, 6) is -2.54. The molecule has 10 nitrogen and oxygen atoms in total. The number of β-lactam (4-membered cyclic amide) rings is 1. The minimum atomic E-state index is -1.29. The van der Waals surface area contributed by atoms with Crippen LogP contribution >= 0.6 is 23.4 Å². The maximum absolute atomic E-state index is 12.6. The molecule has 12 heteroatoms. The number of esters is 1. The van der Waals surface area contributed by atoms with Crippen LogP contribution in [0.25, 0.3) is 0 Å². The Morgan fingerprint density at radius 3 is 2.72 bits per heavy atom. The average Bonchev–Trinajstić information content (AvgIpc) is 3.00. The smallest absolute Gasteiger partial charge is 0.352 e. The Morgan fingerprint density at radius 1 is 1.48 bits per heavy atom. The molecule has 0 radical (unpaired) electrons. The summed E-state index contributed by atoms with van der Waals surface area (Å²) in [6, 6.07) is -1.56. The van der Waals surface area contributed by atoms with E-state index in [1.54, 1.807) is 13.8 Å². The van der Waals surface area contributed by atoms with Crippen LogP contribution in [0, 0.1) is 6.92 Å². The molecule has 0 bridgehead atoms. The summed E-state index contributed by atoms with van der Waals surface area (Å²) in [5, 5.41) is 16.2. The summed E-state index contributed by atoms with van der Waals surface area (Å²) >= 11 is 7.27. The molecule has 1 saturated heterocycles. The number of nitrogens with one attached hydrogen (secondary N) is 1. The molecule has 0 spiro atoms. The molecule has 0 unspecified atom stereocenters. The number of carboxylic acid groups (broad SMARTS) is 1. The molecule has 1 aromatic heterocycles. The van der Waals surface area contributed by atoms with Crippen LogP contribution in [0.2, 0.25) is 5.02 Å². The van der Waals surface area contributed by atoms with Crippen LogP contribution in [0.4, 0.5) is 0 Å². The fourth-order valence-electron chi connectivity index (χ4n) is 3.03. The van der Waals surface area contributed by atoms with E-state index in [2.05, 4.69) is 10.4 Å².